The maximum Gasteiger partial charge on any atom is 0.332 e. The van der Waals surface area contributed by atoms with Gasteiger partial charge in [0.25, 0.3) is 0 Å². The van der Waals surface area contributed by atoms with Crippen LogP contribution >= 0.6 is 15.9 Å². The lowest BCUT2D eigenvalue weighted by molar-refractivity contribution is -0.144. The molecule has 9 heteroatoms. The van der Waals surface area contributed by atoms with E-state index in [1.807, 2.05) is 19.1 Å². The number of urea groups is 1. The van der Waals surface area contributed by atoms with Crippen molar-refractivity contribution in [3.63, 3.8) is 0 Å². The topological polar surface area (TPSA) is 95.1 Å². The summed E-state index contributed by atoms with van der Waals surface area (Å²) in [6.45, 7) is 2.38. The molecule has 0 atom stereocenters. The van der Waals surface area contributed by atoms with Gasteiger partial charge in [0.1, 0.15) is 5.75 Å². The summed E-state index contributed by atoms with van der Waals surface area (Å²) in [7, 11) is 4.31. The van der Waals surface area contributed by atoms with Crippen molar-refractivity contribution >= 4 is 50.4 Å². The van der Waals surface area contributed by atoms with Crippen LogP contribution in [0.5, 0.6) is 5.75 Å². The van der Waals surface area contributed by atoms with Crippen molar-refractivity contribution in [3.05, 3.63) is 63.8 Å². The van der Waals surface area contributed by atoms with Gasteiger partial charge < -0.3 is 9.72 Å². The molecule has 3 aromatic rings. The number of aryl methyl sites for hydroxylation is 1. The molecule has 0 saturated carbocycles. The molecule has 4 rings (SSSR count). The van der Waals surface area contributed by atoms with Crippen LogP contribution in [-0.4, -0.2) is 66.1 Å². The quantitative estimate of drug-likeness (QED) is 0.390. The second-order valence-electron chi connectivity index (χ2n) is 8.17. The third-order valence-electron chi connectivity index (χ3n) is 6.11. The lowest BCUT2D eigenvalue weighted by Crippen LogP contribution is -2.59. The van der Waals surface area contributed by atoms with Gasteiger partial charge >= 0.3 is 6.03 Å². The maximum absolute atomic E-state index is 13.0. The van der Waals surface area contributed by atoms with E-state index < -0.39 is 23.8 Å². The normalized spacial score (nSPS) is 15.6. The molecule has 2 heterocycles. The number of rotatable bonds is 6. The lowest BCUT2D eigenvalue weighted by Gasteiger charge is -2.33. The maximum atomic E-state index is 13.0. The Morgan fingerprint density at radius 3 is 2.32 bits per heavy atom. The summed E-state index contributed by atoms with van der Waals surface area (Å²) in [5.74, 6) is -1.72. The fraction of sp³-hybridized carbons (Fsp3) is 0.280. The Bertz CT molecular complexity index is 1290. The van der Waals surface area contributed by atoms with E-state index in [4.69, 9.17) is 9.73 Å². The van der Waals surface area contributed by atoms with Crippen molar-refractivity contribution in [1.82, 2.24) is 14.8 Å². The van der Waals surface area contributed by atoms with E-state index in [2.05, 4.69) is 27.0 Å². The molecule has 0 bridgehead atoms. The Kier molecular flexibility index (Phi) is 6.56. The molecule has 1 fully saturated rings. The number of hydrogen-bond acceptors (Lipinski definition) is 5. The molecule has 1 aromatic heterocycles. The van der Waals surface area contributed by atoms with Crippen LogP contribution in [0.3, 0.4) is 0 Å². The minimum Gasteiger partial charge on any atom is -0.497 e. The van der Waals surface area contributed by atoms with Crippen molar-refractivity contribution in [3.8, 4) is 5.75 Å². The summed E-state index contributed by atoms with van der Waals surface area (Å²) in [5, 5.41) is 1.10. The van der Waals surface area contributed by atoms with Crippen LogP contribution in [0.4, 0.5) is 4.79 Å². The molecule has 1 saturated heterocycles. The fourth-order valence-electron chi connectivity index (χ4n) is 4.22. The number of aliphatic imine (C=N–C) groups is 1. The number of aromatic amines is 1. The van der Waals surface area contributed by atoms with Crippen LogP contribution in [0.15, 0.2) is 51.9 Å². The molecular formula is C25H25BrN4O4. The summed E-state index contributed by atoms with van der Waals surface area (Å²) in [4.78, 5) is 48.4. The Labute approximate surface area is 205 Å². The third kappa shape index (κ3) is 4.23. The van der Waals surface area contributed by atoms with Crippen molar-refractivity contribution < 1.29 is 19.1 Å². The number of hydrogen-bond donors (Lipinski definition) is 1. The number of aromatic nitrogens is 1. The van der Waals surface area contributed by atoms with Crippen LogP contribution in [0.2, 0.25) is 0 Å². The predicted octanol–water partition coefficient (Wildman–Crippen LogP) is 3.95. The highest BCUT2D eigenvalue weighted by Crippen LogP contribution is 2.27. The van der Waals surface area contributed by atoms with E-state index in [0.29, 0.717) is 30.0 Å². The fourth-order valence-corrected chi connectivity index (χ4v) is 4.58. The largest absolute Gasteiger partial charge is 0.497 e. The smallest absolute Gasteiger partial charge is 0.332 e. The standard InChI is InChI=1S/C25H25BrN4O4/c1-14-18(19-13-16(26)7-10-20(19)28-14)11-12-27-22(15-5-8-17(34-4)9-6-15)21-23(31)29(2)25(33)30(3)24(21)32/h5-10,13,21,28H,11-12H2,1-4H3. The van der Waals surface area contributed by atoms with Gasteiger partial charge in [-0.3, -0.25) is 24.4 Å². The molecule has 4 amide bonds. The van der Waals surface area contributed by atoms with Gasteiger partial charge in [-0.15, -0.1) is 0 Å². The van der Waals surface area contributed by atoms with E-state index in [1.165, 1.54) is 14.1 Å². The first-order valence-corrected chi connectivity index (χ1v) is 11.6. The van der Waals surface area contributed by atoms with Crippen LogP contribution < -0.4 is 4.74 Å². The number of barbiturate groups is 1. The van der Waals surface area contributed by atoms with E-state index in [-0.39, 0.29) is 0 Å². The van der Waals surface area contributed by atoms with Gasteiger partial charge in [-0.25, -0.2) is 4.79 Å². The average Bonchev–Trinajstić information content (AvgIpc) is 3.14. The Morgan fingerprint density at radius 1 is 1.06 bits per heavy atom. The number of H-pyrrole nitrogens is 1. The van der Waals surface area contributed by atoms with E-state index in [0.717, 1.165) is 36.4 Å². The third-order valence-corrected chi connectivity index (χ3v) is 6.61. The van der Waals surface area contributed by atoms with E-state index in [1.54, 1.807) is 31.4 Å². The number of carbonyl (C=O) groups excluding carboxylic acids is 3. The second-order valence-corrected chi connectivity index (χ2v) is 9.09. The Balaban J connectivity index is 1.72. The first kappa shape index (κ1) is 23.7. The van der Waals surface area contributed by atoms with Gasteiger partial charge in [-0.2, -0.15) is 0 Å². The van der Waals surface area contributed by atoms with Crippen LogP contribution in [-0.2, 0) is 16.0 Å². The monoisotopic (exact) mass is 524 g/mol. The average molecular weight is 525 g/mol. The van der Waals surface area contributed by atoms with Gasteiger partial charge in [-0.05, 0) is 66.9 Å². The molecule has 1 N–H and O–H groups in total. The van der Waals surface area contributed by atoms with Gasteiger partial charge in [0.05, 0.1) is 12.8 Å². The highest BCUT2D eigenvalue weighted by Gasteiger charge is 2.45. The summed E-state index contributed by atoms with van der Waals surface area (Å²) < 4.78 is 6.22. The summed E-state index contributed by atoms with van der Waals surface area (Å²) in [5.41, 5.74) is 4.17. The van der Waals surface area contributed by atoms with Crippen molar-refractivity contribution in [2.24, 2.45) is 10.9 Å². The summed E-state index contributed by atoms with van der Waals surface area (Å²) in [6.07, 6.45) is 0.613. The Hall–Kier alpha value is -3.46. The Morgan fingerprint density at radius 2 is 1.71 bits per heavy atom. The molecule has 0 spiro atoms. The van der Waals surface area contributed by atoms with E-state index in [9.17, 15) is 14.4 Å². The van der Waals surface area contributed by atoms with E-state index >= 15 is 0 Å². The van der Waals surface area contributed by atoms with Crippen molar-refractivity contribution in [2.75, 3.05) is 27.7 Å². The number of halogens is 1. The van der Waals surface area contributed by atoms with Crippen LogP contribution in [0, 0.1) is 12.8 Å². The number of benzene rings is 2. The number of ether oxygens (including phenoxy) is 1. The molecule has 8 nitrogen and oxygen atoms in total. The van der Waals surface area contributed by atoms with Gasteiger partial charge in [-0.1, -0.05) is 15.9 Å². The minimum atomic E-state index is -1.20. The highest BCUT2D eigenvalue weighted by molar-refractivity contribution is 9.10. The SMILES string of the molecule is COc1ccc(C(=NCCc2c(C)[nH]c3ccc(Br)cc23)C2C(=O)N(C)C(=O)N(C)C2=O)cc1. The molecule has 0 aliphatic carbocycles. The van der Waals surface area contributed by atoms with Gasteiger partial charge in [0, 0.05) is 41.7 Å². The molecule has 1 aliphatic heterocycles. The lowest BCUT2D eigenvalue weighted by atomic mass is 9.92. The number of nitrogens with one attached hydrogen (secondary N) is 1. The van der Waals surface area contributed by atoms with Crippen molar-refractivity contribution in [2.45, 2.75) is 13.3 Å². The number of imide groups is 2. The number of methoxy groups -OCH3 is 1. The second kappa shape index (κ2) is 9.42. The number of carbonyl (C=O) groups is 3. The molecule has 34 heavy (non-hydrogen) atoms. The molecule has 2 aromatic carbocycles. The van der Waals surface area contributed by atoms with Gasteiger partial charge in [0.2, 0.25) is 11.8 Å². The highest BCUT2D eigenvalue weighted by atomic mass is 79.9. The minimum absolute atomic E-state index is 0.336. The first-order chi connectivity index (χ1) is 16.2. The van der Waals surface area contributed by atoms with Crippen LogP contribution in [0.1, 0.15) is 16.8 Å². The number of amides is 4. The molecule has 0 radical (unpaired) electrons. The molecule has 176 valence electrons. The predicted molar refractivity (Wildman–Crippen MR) is 133 cm³/mol. The zero-order chi connectivity index (χ0) is 24.6. The molecule has 1 aliphatic rings. The number of fused-ring (bicyclic) bond motifs is 1. The molecule has 0 unspecified atom stereocenters. The summed E-state index contributed by atoms with van der Waals surface area (Å²) >= 11 is 3.53. The molecular weight excluding hydrogens is 500 g/mol. The van der Waals surface area contributed by atoms with Gasteiger partial charge in [0.15, 0.2) is 5.92 Å². The number of nitrogens with zero attached hydrogens (tertiary/aromatic N) is 3. The summed E-state index contributed by atoms with van der Waals surface area (Å²) in [6, 6.07) is 12.4. The van der Waals surface area contributed by atoms with Crippen molar-refractivity contribution in [1.29, 1.82) is 0 Å². The van der Waals surface area contributed by atoms with Crippen LogP contribution in [0.25, 0.3) is 10.9 Å². The zero-order valence-electron chi connectivity index (χ0n) is 19.4. The first-order valence-electron chi connectivity index (χ1n) is 10.8. The zero-order valence-corrected chi connectivity index (χ0v) is 21.0.